The van der Waals surface area contributed by atoms with E-state index in [0.29, 0.717) is 11.4 Å². The number of rotatable bonds is 5. The molecule has 10 heteroatoms. The number of hydrogen-bond donors (Lipinski definition) is 1. The molecule has 1 aliphatic rings. The van der Waals surface area contributed by atoms with Crippen LogP contribution in [0.15, 0.2) is 53.4 Å². The Kier molecular flexibility index (Phi) is 5.66. The quantitative estimate of drug-likeness (QED) is 0.729. The molecule has 0 radical (unpaired) electrons. The maximum absolute atomic E-state index is 12.5. The van der Waals surface area contributed by atoms with Crippen molar-refractivity contribution in [2.75, 3.05) is 37.5 Å². The van der Waals surface area contributed by atoms with Gasteiger partial charge in [-0.25, -0.2) is 17.5 Å². The summed E-state index contributed by atoms with van der Waals surface area (Å²) in [4.78, 5) is 37.8. The normalized spacial score (nSPS) is 13.6. The maximum Gasteiger partial charge on any atom is 0.338 e. The predicted octanol–water partition coefficient (Wildman–Crippen LogP) is 1.08. The summed E-state index contributed by atoms with van der Waals surface area (Å²) in [5.74, 6) is -1.67. The smallest absolute Gasteiger partial charge is 0.338 e. The van der Waals surface area contributed by atoms with Crippen LogP contribution in [0, 0.1) is 0 Å². The van der Waals surface area contributed by atoms with Gasteiger partial charge in [-0.3, -0.25) is 14.5 Å². The average Bonchev–Trinajstić information content (AvgIpc) is 2.71. The molecule has 1 heterocycles. The number of esters is 1. The standard InChI is InChI=1S/C19H19N3O6S/c1-21(2)29(26,27)14-9-7-13(8-10-14)19(25)28-12-18(24)22-11-17(23)20-15-5-3-4-6-16(15)22/h3-10H,11-12H2,1-2H3,(H,20,23). The zero-order chi connectivity index (χ0) is 21.2. The number of carbonyl (C=O) groups excluding carboxylic acids is 3. The summed E-state index contributed by atoms with van der Waals surface area (Å²) in [6, 6.07) is 12.0. The Labute approximate surface area is 167 Å². The van der Waals surface area contributed by atoms with Gasteiger partial charge in [0.15, 0.2) is 6.61 Å². The van der Waals surface area contributed by atoms with Crippen molar-refractivity contribution in [2.24, 2.45) is 0 Å². The van der Waals surface area contributed by atoms with E-state index < -0.39 is 28.5 Å². The second kappa shape index (κ2) is 8.02. The van der Waals surface area contributed by atoms with Gasteiger partial charge in [-0.1, -0.05) is 12.1 Å². The van der Waals surface area contributed by atoms with Crippen molar-refractivity contribution >= 4 is 39.2 Å². The number of fused-ring (bicyclic) bond motifs is 1. The second-order valence-electron chi connectivity index (χ2n) is 6.43. The van der Waals surface area contributed by atoms with E-state index in [0.717, 1.165) is 4.31 Å². The summed E-state index contributed by atoms with van der Waals surface area (Å²) >= 11 is 0. The van der Waals surface area contributed by atoms with Gasteiger partial charge in [-0.15, -0.1) is 0 Å². The minimum absolute atomic E-state index is 0.0334. The molecule has 0 unspecified atom stereocenters. The van der Waals surface area contributed by atoms with Crippen molar-refractivity contribution in [3.63, 3.8) is 0 Å². The zero-order valence-corrected chi connectivity index (χ0v) is 16.6. The number of anilines is 2. The summed E-state index contributed by atoms with van der Waals surface area (Å²) in [6.07, 6.45) is 0. The topological polar surface area (TPSA) is 113 Å². The molecule has 0 saturated heterocycles. The molecule has 2 aromatic carbocycles. The lowest BCUT2D eigenvalue weighted by Crippen LogP contribution is -2.44. The summed E-state index contributed by atoms with van der Waals surface area (Å²) in [5, 5.41) is 2.67. The van der Waals surface area contributed by atoms with Crippen LogP contribution < -0.4 is 10.2 Å². The van der Waals surface area contributed by atoms with E-state index >= 15 is 0 Å². The fourth-order valence-electron chi connectivity index (χ4n) is 2.72. The van der Waals surface area contributed by atoms with E-state index in [-0.39, 0.29) is 22.9 Å². The number of para-hydroxylation sites is 2. The molecule has 0 aromatic heterocycles. The molecule has 9 nitrogen and oxygen atoms in total. The first-order valence-electron chi connectivity index (χ1n) is 8.59. The number of nitrogens with zero attached hydrogens (tertiary/aromatic N) is 2. The van der Waals surface area contributed by atoms with Gasteiger partial charge in [0.1, 0.15) is 6.54 Å². The highest BCUT2D eigenvalue weighted by atomic mass is 32.2. The largest absolute Gasteiger partial charge is 0.452 e. The molecular formula is C19H19N3O6S. The molecule has 0 aliphatic carbocycles. The fraction of sp³-hybridized carbons (Fsp3) is 0.211. The van der Waals surface area contributed by atoms with Crippen molar-refractivity contribution in [1.82, 2.24) is 4.31 Å². The van der Waals surface area contributed by atoms with E-state index in [1.807, 2.05) is 0 Å². The van der Waals surface area contributed by atoms with E-state index in [9.17, 15) is 22.8 Å². The summed E-state index contributed by atoms with van der Waals surface area (Å²) < 4.78 is 30.2. The molecule has 152 valence electrons. The number of sulfonamides is 1. The van der Waals surface area contributed by atoms with Crippen LogP contribution in [-0.4, -0.2) is 57.8 Å². The number of hydrogen-bond acceptors (Lipinski definition) is 6. The number of amides is 2. The molecule has 0 saturated carbocycles. The van der Waals surface area contributed by atoms with Crippen LogP contribution in [0.2, 0.25) is 0 Å². The minimum Gasteiger partial charge on any atom is -0.452 e. The molecule has 2 aromatic rings. The van der Waals surface area contributed by atoms with E-state index in [1.54, 1.807) is 24.3 Å². The Hall–Kier alpha value is -3.24. The zero-order valence-electron chi connectivity index (χ0n) is 15.8. The van der Waals surface area contributed by atoms with Crippen LogP contribution in [0.4, 0.5) is 11.4 Å². The van der Waals surface area contributed by atoms with Gasteiger partial charge in [0.25, 0.3) is 5.91 Å². The second-order valence-corrected chi connectivity index (χ2v) is 8.58. The van der Waals surface area contributed by atoms with Gasteiger partial charge in [-0.05, 0) is 36.4 Å². The lowest BCUT2D eigenvalue weighted by molar-refractivity contribution is -0.124. The van der Waals surface area contributed by atoms with Crippen molar-refractivity contribution in [1.29, 1.82) is 0 Å². The third-order valence-electron chi connectivity index (χ3n) is 4.27. The predicted molar refractivity (Wildman–Crippen MR) is 105 cm³/mol. The lowest BCUT2D eigenvalue weighted by atomic mass is 10.2. The Morgan fingerprint density at radius 3 is 2.41 bits per heavy atom. The minimum atomic E-state index is -3.61. The number of nitrogens with one attached hydrogen (secondary N) is 1. The first-order valence-corrected chi connectivity index (χ1v) is 10.0. The molecule has 0 fully saturated rings. The van der Waals surface area contributed by atoms with Crippen molar-refractivity contribution in [3.05, 3.63) is 54.1 Å². The first kappa shape index (κ1) is 20.5. The Bertz CT molecular complexity index is 1060. The number of carbonyl (C=O) groups is 3. The lowest BCUT2D eigenvalue weighted by Gasteiger charge is -2.28. The highest BCUT2D eigenvalue weighted by molar-refractivity contribution is 7.89. The third kappa shape index (κ3) is 4.28. The van der Waals surface area contributed by atoms with Gasteiger partial charge in [-0.2, -0.15) is 0 Å². The Morgan fingerprint density at radius 1 is 1.10 bits per heavy atom. The van der Waals surface area contributed by atoms with E-state index in [4.69, 9.17) is 4.74 Å². The molecule has 3 rings (SSSR count). The van der Waals surface area contributed by atoms with Gasteiger partial charge >= 0.3 is 5.97 Å². The highest BCUT2D eigenvalue weighted by Crippen LogP contribution is 2.28. The van der Waals surface area contributed by atoms with Crippen LogP contribution >= 0.6 is 0 Å². The molecule has 0 spiro atoms. The van der Waals surface area contributed by atoms with Crippen LogP contribution in [0.1, 0.15) is 10.4 Å². The van der Waals surface area contributed by atoms with E-state index in [2.05, 4.69) is 5.32 Å². The maximum atomic E-state index is 12.5. The first-order chi connectivity index (χ1) is 13.7. The van der Waals surface area contributed by atoms with Crippen LogP contribution in [0.5, 0.6) is 0 Å². The number of benzene rings is 2. The van der Waals surface area contributed by atoms with Crippen LogP contribution in [-0.2, 0) is 24.3 Å². The average molecular weight is 417 g/mol. The number of ether oxygens (including phenoxy) is 1. The molecule has 1 aliphatic heterocycles. The van der Waals surface area contributed by atoms with Gasteiger partial charge < -0.3 is 10.1 Å². The fourth-order valence-corrected chi connectivity index (χ4v) is 3.62. The summed E-state index contributed by atoms with van der Waals surface area (Å²) in [6.45, 7) is -0.733. The molecule has 0 atom stereocenters. The summed E-state index contributed by atoms with van der Waals surface area (Å²) in [7, 11) is -0.801. The Morgan fingerprint density at radius 2 is 1.76 bits per heavy atom. The monoisotopic (exact) mass is 417 g/mol. The van der Waals surface area contributed by atoms with Crippen molar-refractivity contribution in [2.45, 2.75) is 4.90 Å². The Balaban J connectivity index is 1.67. The molecule has 29 heavy (non-hydrogen) atoms. The highest BCUT2D eigenvalue weighted by Gasteiger charge is 2.27. The molecule has 0 bridgehead atoms. The van der Waals surface area contributed by atoms with E-state index in [1.165, 1.54) is 43.3 Å². The summed E-state index contributed by atoms with van der Waals surface area (Å²) in [5.41, 5.74) is 1.12. The van der Waals surface area contributed by atoms with Gasteiger partial charge in [0.2, 0.25) is 15.9 Å². The van der Waals surface area contributed by atoms with Crippen LogP contribution in [0.3, 0.4) is 0 Å². The van der Waals surface area contributed by atoms with Gasteiger partial charge in [0.05, 0.1) is 21.8 Å². The van der Waals surface area contributed by atoms with Gasteiger partial charge in [0, 0.05) is 14.1 Å². The molecule has 2 amide bonds. The van der Waals surface area contributed by atoms with Crippen molar-refractivity contribution in [3.8, 4) is 0 Å². The van der Waals surface area contributed by atoms with Crippen molar-refractivity contribution < 1.29 is 27.5 Å². The van der Waals surface area contributed by atoms with Crippen LogP contribution in [0.25, 0.3) is 0 Å². The molecule has 1 N–H and O–H groups in total. The molecular weight excluding hydrogens is 398 g/mol. The third-order valence-corrected chi connectivity index (χ3v) is 6.10. The SMILES string of the molecule is CN(C)S(=O)(=O)c1ccc(C(=O)OCC(=O)N2CC(=O)Nc3ccccc32)cc1.